The molecular formula is C19H29N3O2. The zero-order valence-corrected chi connectivity index (χ0v) is 15.3. The summed E-state index contributed by atoms with van der Waals surface area (Å²) in [7, 11) is 0. The van der Waals surface area contributed by atoms with Crippen molar-refractivity contribution in [1.29, 1.82) is 0 Å². The Morgan fingerprint density at radius 3 is 2.54 bits per heavy atom. The lowest BCUT2D eigenvalue weighted by Crippen LogP contribution is -2.32. The van der Waals surface area contributed by atoms with Gasteiger partial charge >= 0.3 is 6.09 Å². The van der Waals surface area contributed by atoms with E-state index >= 15 is 0 Å². The van der Waals surface area contributed by atoms with E-state index in [2.05, 4.69) is 28.4 Å². The van der Waals surface area contributed by atoms with Crippen LogP contribution in [0, 0.1) is 0 Å². The van der Waals surface area contributed by atoms with Gasteiger partial charge in [0.1, 0.15) is 11.4 Å². The lowest BCUT2D eigenvalue weighted by Gasteiger charge is -2.19. The molecule has 5 heteroatoms. The van der Waals surface area contributed by atoms with E-state index in [9.17, 15) is 4.79 Å². The summed E-state index contributed by atoms with van der Waals surface area (Å²) in [6.45, 7) is 17.0. The Kier molecular flexibility index (Phi) is 9.87. The van der Waals surface area contributed by atoms with Crippen LogP contribution < -0.4 is 5.32 Å². The number of hydrogen-bond acceptors (Lipinski definition) is 3. The van der Waals surface area contributed by atoms with Crippen LogP contribution in [0.4, 0.5) is 4.79 Å². The molecule has 0 saturated heterocycles. The van der Waals surface area contributed by atoms with Crippen LogP contribution >= 0.6 is 0 Å². The van der Waals surface area contributed by atoms with E-state index in [-0.39, 0.29) is 6.54 Å². The zero-order chi connectivity index (χ0) is 18.6. The maximum Gasteiger partial charge on any atom is 0.408 e. The second kappa shape index (κ2) is 11.0. The highest BCUT2D eigenvalue weighted by Crippen LogP contribution is 2.14. The lowest BCUT2D eigenvalue weighted by atomic mass is 10.1. The Morgan fingerprint density at radius 2 is 2.00 bits per heavy atom. The zero-order valence-electron chi connectivity index (χ0n) is 15.3. The molecule has 0 atom stereocenters. The first-order chi connectivity index (χ1) is 11.4. The molecule has 24 heavy (non-hydrogen) atoms. The van der Waals surface area contributed by atoms with Gasteiger partial charge in [-0.1, -0.05) is 57.4 Å². The van der Waals surface area contributed by atoms with Gasteiger partial charge in [-0.25, -0.2) is 9.78 Å². The SMILES string of the molecule is C=C/C=C\C(=C/C=C)c1cnc(CNC(=O)OC(C)(C)C)[nH]1.CC. The molecule has 1 aromatic rings. The average molecular weight is 331 g/mol. The summed E-state index contributed by atoms with van der Waals surface area (Å²) in [4.78, 5) is 19.0. The molecule has 132 valence electrons. The number of hydrogen-bond donors (Lipinski definition) is 2. The minimum Gasteiger partial charge on any atom is -0.444 e. The van der Waals surface area contributed by atoms with E-state index in [1.807, 2.05) is 52.8 Å². The number of nitrogens with one attached hydrogen (secondary N) is 2. The second-order valence-corrected chi connectivity index (χ2v) is 5.55. The molecule has 0 aromatic carbocycles. The monoisotopic (exact) mass is 331 g/mol. The maximum absolute atomic E-state index is 11.6. The fourth-order valence-electron chi connectivity index (χ4n) is 1.60. The highest BCUT2D eigenvalue weighted by Gasteiger charge is 2.16. The summed E-state index contributed by atoms with van der Waals surface area (Å²) in [6, 6.07) is 0. The topological polar surface area (TPSA) is 67.0 Å². The Bertz CT molecular complexity index is 590. The standard InChI is InChI=1S/C17H23N3O2.C2H6/c1-6-8-10-13(9-7-2)14-11-18-15(20-14)12-19-16(21)22-17(3,4)5;1-2/h6-11H,1-2,12H2,3-5H3,(H,18,20)(H,19,21);1-2H3/b10-8-,13-9+;. The quantitative estimate of drug-likeness (QED) is 0.738. The van der Waals surface area contributed by atoms with Crippen LogP contribution in [0.2, 0.25) is 0 Å². The predicted molar refractivity (Wildman–Crippen MR) is 101 cm³/mol. The van der Waals surface area contributed by atoms with E-state index in [1.165, 1.54) is 0 Å². The molecule has 1 heterocycles. The van der Waals surface area contributed by atoms with Gasteiger partial charge in [-0.05, 0) is 26.3 Å². The Balaban J connectivity index is 0.00000254. The second-order valence-electron chi connectivity index (χ2n) is 5.55. The molecule has 0 saturated carbocycles. The van der Waals surface area contributed by atoms with E-state index in [0.717, 1.165) is 11.3 Å². The van der Waals surface area contributed by atoms with Crippen LogP contribution in [-0.4, -0.2) is 21.7 Å². The van der Waals surface area contributed by atoms with Gasteiger partial charge < -0.3 is 15.0 Å². The molecule has 1 rings (SSSR count). The predicted octanol–water partition coefficient (Wildman–Crippen LogP) is 4.77. The fourth-order valence-corrected chi connectivity index (χ4v) is 1.60. The van der Waals surface area contributed by atoms with Gasteiger partial charge in [0.2, 0.25) is 0 Å². The number of imidazole rings is 1. The van der Waals surface area contributed by atoms with Gasteiger partial charge in [-0.3, -0.25) is 0 Å². The molecule has 0 spiro atoms. The minimum atomic E-state index is -0.520. The summed E-state index contributed by atoms with van der Waals surface area (Å²) < 4.78 is 5.17. The van der Waals surface area contributed by atoms with Gasteiger partial charge in [-0.2, -0.15) is 0 Å². The highest BCUT2D eigenvalue weighted by molar-refractivity contribution is 5.73. The van der Waals surface area contributed by atoms with Gasteiger partial charge in [-0.15, -0.1) is 0 Å². The van der Waals surface area contributed by atoms with E-state index in [4.69, 9.17) is 4.74 Å². The van der Waals surface area contributed by atoms with Gasteiger partial charge in [0, 0.05) is 0 Å². The van der Waals surface area contributed by atoms with Crippen molar-refractivity contribution in [2.24, 2.45) is 0 Å². The highest BCUT2D eigenvalue weighted by atomic mass is 16.6. The summed E-state index contributed by atoms with van der Waals surface area (Å²) in [5.41, 5.74) is 1.23. The van der Waals surface area contributed by atoms with Crippen LogP contribution in [0.25, 0.3) is 5.57 Å². The Hall–Kier alpha value is -2.56. The molecule has 1 amide bonds. The van der Waals surface area contributed by atoms with Crippen molar-refractivity contribution in [2.75, 3.05) is 0 Å². The minimum absolute atomic E-state index is 0.265. The van der Waals surface area contributed by atoms with E-state index in [0.29, 0.717) is 5.82 Å². The number of amides is 1. The smallest absolute Gasteiger partial charge is 0.408 e. The third kappa shape index (κ3) is 8.78. The number of alkyl carbamates (subject to hydrolysis) is 1. The van der Waals surface area contributed by atoms with Crippen LogP contribution in [0.15, 0.2) is 49.7 Å². The number of aromatic amines is 1. The number of ether oxygens (including phenoxy) is 1. The molecule has 5 nitrogen and oxygen atoms in total. The van der Waals surface area contributed by atoms with E-state index < -0.39 is 11.7 Å². The Morgan fingerprint density at radius 1 is 1.33 bits per heavy atom. The number of rotatable bonds is 6. The van der Waals surface area contributed by atoms with Crippen molar-refractivity contribution in [3.05, 3.63) is 61.3 Å². The number of carbonyl (C=O) groups excluding carboxylic acids is 1. The van der Waals surface area contributed by atoms with Crippen molar-refractivity contribution < 1.29 is 9.53 Å². The molecule has 0 bridgehead atoms. The number of H-pyrrole nitrogens is 1. The molecule has 0 fully saturated rings. The van der Waals surface area contributed by atoms with Gasteiger partial charge in [0.15, 0.2) is 0 Å². The van der Waals surface area contributed by atoms with Crippen molar-refractivity contribution in [1.82, 2.24) is 15.3 Å². The van der Waals surface area contributed by atoms with Crippen LogP contribution in [-0.2, 0) is 11.3 Å². The molecule has 0 aliphatic rings. The van der Waals surface area contributed by atoms with Crippen LogP contribution in [0.1, 0.15) is 46.1 Å². The summed E-state index contributed by atoms with van der Waals surface area (Å²) in [6.07, 6.45) is 10.2. The van der Waals surface area contributed by atoms with Crippen LogP contribution in [0.5, 0.6) is 0 Å². The van der Waals surface area contributed by atoms with Crippen molar-refractivity contribution in [3.8, 4) is 0 Å². The molecular weight excluding hydrogens is 302 g/mol. The molecule has 0 radical (unpaired) electrons. The lowest BCUT2D eigenvalue weighted by molar-refractivity contribution is 0.0522. The summed E-state index contributed by atoms with van der Waals surface area (Å²) in [5, 5.41) is 2.65. The van der Waals surface area contributed by atoms with E-state index in [1.54, 1.807) is 18.3 Å². The van der Waals surface area contributed by atoms with Gasteiger partial charge in [0.25, 0.3) is 0 Å². The first kappa shape index (κ1) is 21.4. The fraction of sp³-hybridized carbons (Fsp3) is 0.368. The Labute approximate surface area is 145 Å². The summed E-state index contributed by atoms with van der Waals surface area (Å²) >= 11 is 0. The summed E-state index contributed by atoms with van der Waals surface area (Å²) in [5.74, 6) is 0.642. The van der Waals surface area contributed by atoms with Crippen LogP contribution in [0.3, 0.4) is 0 Å². The first-order valence-electron chi connectivity index (χ1n) is 7.98. The normalized spacial score (nSPS) is 11.5. The third-order valence-corrected chi connectivity index (χ3v) is 2.45. The van der Waals surface area contributed by atoms with Crippen molar-refractivity contribution in [2.45, 2.75) is 46.8 Å². The first-order valence-corrected chi connectivity index (χ1v) is 7.98. The molecule has 0 unspecified atom stereocenters. The molecule has 1 aromatic heterocycles. The number of nitrogens with zero attached hydrogens (tertiary/aromatic N) is 1. The maximum atomic E-state index is 11.6. The van der Waals surface area contributed by atoms with Gasteiger partial charge in [0.05, 0.1) is 18.4 Å². The number of allylic oxidation sites excluding steroid dienone is 6. The average Bonchev–Trinajstić information content (AvgIpc) is 2.98. The largest absolute Gasteiger partial charge is 0.444 e. The van der Waals surface area contributed by atoms with Crippen molar-refractivity contribution >= 4 is 11.7 Å². The third-order valence-electron chi connectivity index (χ3n) is 2.45. The number of carbonyl (C=O) groups is 1. The molecule has 2 N–H and O–H groups in total. The molecule has 0 aliphatic heterocycles. The van der Waals surface area contributed by atoms with Crippen molar-refractivity contribution in [3.63, 3.8) is 0 Å². The molecule has 0 aliphatic carbocycles. The number of aromatic nitrogens is 2.